The van der Waals surface area contributed by atoms with Crippen LogP contribution in [0.15, 0.2) is 30.6 Å². The summed E-state index contributed by atoms with van der Waals surface area (Å²) < 4.78 is 6.75. The molecule has 0 spiro atoms. The molecule has 0 aliphatic heterocycles. The fourth-order valence-electron chi connectivity index (χ4n) is 3.13. The lowest BCUT2D eigenvalue weighted by molar-refractivity contribution is -0.148. The molecular formula is C21H26N6O3. The van der Waals surface area contributed by atoms with Crippen molar-refractivity contribution in [1.29, 1.82) is 0 Å². The number of nitrogens with one attached hydrogen (secondary N) is 1. The third-order valence-corrected chi connectivity index (χ3v) is 4.87. The first-order chi connectivity index (χ1) is 14.3. The second kappa shape index (κ2) is 9.34. The van der Waals surface area contributed by atoms with Crippen molar-refractivity contribution in [2.24, 2.45) is 0 Å². The Kier molecular flexibility index (Phi) is 6.61. The monoisotopic (exact) mass is 410 g/mol. The van der Waals surface area contributed by atoms with Gasteiger partial charge in [-0.3, -0.25) is 9.59 Å². The number of benzene rings is 1. The summed E-state index contributed by atoms with van der Waals surface area (Å²) in [5, 5.41) is 6.89. The number of anilines is 1. The zero-order chi connectivity index (χ0) is 21.7. The average Bonchev–Trinajstić information content (AvgIpc) is 3.19. The van der Waals surface area contributed by atoms with E-state index in [2.05, 4.69) is 20.4 Å². The molecule has 2 aromatic heterocycles. The maximum atomic E-state index is 12.1. The molecule has 3 aromatic rings. The number of carbonyl (C=O) groups is 2. The summed E-state index contributed by atoms with van der Waals surface area (Å²) in [4.78, 5) is 34.5. The van der Waals surface area contributed by atoms with E-state index in [0.717, 1.165) is 28.2 Å². The van der Waals surface area contributed by atoms with Crippen molar-refractivity contribution >= 4 is 23.3 Å². The van der Waals surface area contributed by atoms with Gasteiger partial charge >= 0.3 is 5.97 Å². The molecule has 0 radical (unpaired) electrons. The maximum Gasteiger partial charge on any atom is 0.306 e. The van der Waals surface area contributed by atoms with E-state index in [9.17, 15) is 9.59 Å². The van der Waals surface area contributed by atoms with E-state index in [1.165, 1.54) is 6.33 Å². The molecule has 0 fully saturated rings. The predicted octanol–water partition coefficient (Wildman–Crippen LogP) is 1.60. The number of hydrogen-bond donors (Lipinski definition) is 1. The molecule has 0 unspecified atom stereocenters. The fourth-order valence-corrected chi connectivity index (χ4v) is 3.13. The molecule has 1 N–H and O–H groups in total. The van der Waals surface area contributed by atoms with Gasteiger partial charge in [0.15, 0.2) is 6.61 Å². The second-order valence-corrected chi connectivity index (χ2v) is 7.23. The van der Waals surface area contributed by atoms with Gasteiger partial charge in [-0.1, -0.05) is 12.1 Å². The van der Waals surface area contributed by atoms with Crippen LogP contribution in [0.3, 0.4) is 0 Å². The van der Waals surface area contributed by atoms with Gasteiger partial charge < -0.3 is 15.0 Å². The van der Waals surface area contributed by atoms with Crippen LogP contribution in [0.4, 0.5) is 5.69 Å². The molecule has 0 aliphatic rings. The van der Waals surface area contributed by atoms with Crippen LogP contribution < -0.4 is 10.2 Å². The zero-order valence-electron chi connectivity index (χ0n) is 17.7. The van der Waals surface area contributed by atoms with Crippen LogP contribution in [0, 0.1) is 13.8 Å². The maximum absolute atomic E-state index is 12.1. The number of nitrogens with zero attached hydrogens (tertiary/aromatic N) is 5. The van der Waals surface area contributed by atoms with Crippen molar-refractivity contribution in [3.63, 3.8) is 0 Å². The highest BCUT2D eigenvalue weighted by molar-refractivity contribution is 5.80. The fraction of sp³-hybridized carbons (Fsp3) is 0.381. The minimum absolute atomic E-state index is 0.156. The molecule has 0 atom stereocenters. The molecule has 158 valence electrons. The van der Waals surface area contributed by atoms with Gasteiger partial charge in [0, 0.05) is 44.1 Å². The summed E-state index contributed by atoms with van der Waals surface area (Å²) >= 11 is 0. The Hall–Kier alpha value is -3.49. The number of fused-ring (bicyclic) bond motifs is 1. The number of aryl methyl sites for hydroxylation is 2. The summed E-state index contributed by atoms with van der Waals surface area (Å²) in [6, 6.07) is 7.87. The molecule has 9 nitrogen and oxygen atoms in total. The molecule has 0 bridgehead atoms. The summed E-state index contributed by atoms with van der Waals surface area (Å²) in [7, 11) is 3.94. The number of rotatable bonds is 8. The van der Waals surface area contributed by atoms with Crippen LogP contribution in [0.25, 0.3) is 5.78 Å². The van der Waals surface area contributed by atoms with Crippen molar-refractivity contribution in [2.45, 2.75) is 33.2 Å². The molecule has 0 saturated carbocycles. The van der Waals surface area contributed by atoms with Crippen molar-refractivity contribution in [1.82, 2.24) is 24.9 Å². The van der Waals surface area contributed by atoms with Gasteiger partial charge in [0.25, 0.3) is 11.7 Å². The van der Waals surface area contributed by atoms with E-state index in [0.29, 0.717) is 18.7 Å². The average molecular weight is 410 g/mol. The topological polar surface area (TPSA) is 102 Å². The van der Waals surface area contributed by atoms with Crippen LogP contribution in [0.2, 0.25) is 0 Å². The third kappa shape index (κ3) is 5.11. The highest BCUT2D eigenvalue weighted by atomic mass is 16.5. The summed E-state index contributed by atoms with van der Waals surface area (Å²) in [6.45, 7) is 3.87. The minimum Gasteiger partial charge on any atom is -0.456 e. The zero-order valence-corrected chi connectivity index (χ0v) is 17.7. The molecule has 30 heavy (non-hydrogen) atoms. The Morgan fingerprint density at radius 3 is 2.60 bits per heavy atom. The second-order valence-electron chi connectivity index (χ2n) is 7.23. The number of ether oxygens (including phenoxy) is 1. The number of esters is 1. The summed E-state index contributed by atoms with van der Waals surface area (Å²) in [6.07, 6.45) is 2.06. The summed E-state index contributed by atoms with van der Waals surface area (Å²) in [5.41, 5.74) is 4.68. The Morgan fingerprint density at radius 2 is 1.90 bits per heavy atom. The van der Waals surface area contributed by atoms with E-state index in [-0.39, 0.29) is 18.9 Å². The SMILES string of the molecule is Cc1nc2ncnn2c(C)c1CCC(=O)OCC(=O)NCc1ccc(N(C)C)cc1. The van der Waals surface area contributed by atoms with Crippen LogP contribution in [-0.2, 0) is 27.3 Å². The van der Waals surface area contributed by atoms with Crippen LogP contribution >= 0.6 is 0 Å². The standard InChI is InChI=1S/C21H26N6O3/c1-14-18(15(2)27-21(25-14)23-13-24-27)9-10-20(29)30-12-19(28)22-11-16-5-7-17(8-6-16)26(3)4/h5-8,13H,9-12H2,1-4H3,(H,22,28). The van der Waals surface area contributed by atoms with E-state index in [1.54, 1.807) is 4.52 Å². The quantitative estimate of drug-likeness (QED) is 0.563. The third-order valence-electron chi connectivity index (χ3n) is 4.87. The Morgan fingerprint density at radius 1 is 1.17 bits per heavy atom. The Balaban J connectivity index is 1.44. The molecule has 2 heterocycles. The van der Waals surface area contributed by atoms with Crippen molar-refractivity contribution < 1.29 is 14.3 Å². The first-order valence-electron chi connectivity index (χ1n) is 9.69. The molecule has 1 aromatic carbocycles. The number of hydrogen-bond acceptors (Lipinski definition) is 7. The van der Waals surface area contributed by atoms with Crippen LogP contribution in [0.5, 0.6) is 0 Å². The molecule has 0 aliphatic carbocycles. The largest absolute Gasteiger partial charge is 0.456 e. The molecule has 3 rings (SSSR count). The lowest BCUT2D eigenvalue weighted by Gasteiger charge is -2.13. The number of amides is 1. The highest BCUT2D eigenvalue weighted by Gasteiger charge is 2.14. The minimum atomic E-state index is -0.432. The number of carbonyl (C=O) groups excluding carboxylic acids is 2. The normalized spacial score (nSPS) is 10.8. The molecule has 1 amide bonds. The van der Waals surface area contributed by atoms with Crippen molar-refractivity contribution in [3.8, 4) is 0 Å². The summed E-state index contributed by atoms with van der Waals surface area (Å²) in [5.74, 6) is -0.236. The highest BCUT2D eigenvalue weighted by Crippen LogP contribution is 2.15. The van der Waals surface area contributed by atoms with E-state index < -0.39 is 5.97 Å². The smallest absolute Gasteiger partial charge is 0.306 e. The molecule has 9 heteroatoms. The van der Waals surface area contributed by atoms with Crippen LogP contribution in [0.1, 0.15) is 28.9 Å². The van der Waals surface area contributed by atoms with Gasteiger partial charge in [-0.15, -0.1) is 0 Å². The van der Waals surface area contributed by atoms with Gasteiger partial charge in [-0.25, -0.2) is 9.50 Å². The van der Waals surface area contributed by atoms with E-state index in [4.69, 9.17) is 4.74 Å². The molecular weight excluding hydrogens is 384 g/mol. The lowest BCUT2D eigenvalue weighted by atomic mass is 10.1. The molecule has 0 saturated heterocycles. The van der Waals surface area contributed by atoms with Crippen molar-refractivity contribution in [2.75, 3.05) is 25.6 Å². The van der Waals surface area contributed by atoms with Gasteiger partial charge in [-0.2, -0.15) is 10.1 Å². The Bertz CT molecular complexity index is 1040. The lowest BCUT2D eigenvalue weighted by Crippen LogP contribution is -2.28. The van der Waals surface area contributed by atoms with E-state index >= 15 is 0 Å². The predicted molar refractivity (Wildman–Crippen MR) is 112 cm³/mol. The van der Waals surface area contributed by atoms with E-state index in [1.807, 2.05) is 57.1 Å². The van der Waals surface area contributed by atoms with Gasteiger partial charge in [-0.05, 0) is 43.5 Å². The Labute approximate surface area is 175 Å². The first kappa shape index (κ1) is 21.2. The van der Waals surface area contributed by atoms with Crippen molar-refractivity contribution in [3.05, 3.63) is 53.1 Å². The van der Waals surface area contributed by atoms with Gasteiger partial charge in [0.1, 0.15) is 6.33 Å². The van der Waals surface area contributed by atoms with Crippen LogP contribution in [-0.4, -0.2) is 52.2 Å². The van der Waals surface area contributed by atoms with Gasteiger partial charge in [0.2, 0.25) is 0 Å². The van der Waals surface area contributed by atoms with Gasteiger partial charge in [0.05, 0.1) is 0 Å². The first-order valence-corrected chi connectivity index (χ1v) is 9.69. The number of aromatic nitrogens is 4.